The van der Waals surface area contributed by atoms with Crippen molar-refractivity contribution in [2.24, 2.45) is 0 Å². The summed E-state index contributed by atoms with van der Waals surface area (Å²) in [5.41, 5.74) is 3.59. The van der Waals surface area contributed by atoms with Gasteiger partial charge in [-0.3, -0.25) is 0 Å². The van der Waals surface area contributed by atoms with Gasteiger partial charge in [0.25, 0.3) is 0 Å². The maximum atomic E-state index is 9.07. The van der Waals surface area contributed by atoms with Gasteiger partial charge in [0, 0.05) is 5.02 Å². The maximum absolute atomic E-state index is 9.07. The van der Waals surface area contributed by atoms with Crippen molar-refractivity contribution in [2.75, 3.05) is 0 Å². The van der Waals surface area contributed by atoms with E-state index >= 15 is 0 Å². The van der Waals surface area contributed by atoms with Crippen LogP contribution in [0.3, 0.4) is 0 Å². The topological polar surface area (TPSA) is 44.5 Å². The zero-order valence-corrected chi connectivity index (χ0v) is 12.9. The largest absolute Gasteiger partial charge is 0.331 e. The molecular formula is C16H12ClN3S. The van der Waals surface area contributed by atoms with Crippen molar-refractivity contribution in [3.63, 3.8) is 0 Å². The van der Waals surface area contributed by atoms with Gasteiger partial charge >= 0.3 is 0 Å². The molecule has 0 saturated carbocycles. The summed E-state index contributed by atoms with van der Waals surface area (Å²) in [4.78, 5) is 3.18. The van der Waals surface area contributed by atoms with Crippen LogP contribution in [-0.4, -0.2) is 9.55 Å². The molecule has 21 heavy (non-hydrogen) atoms. The lowest BCUT2D eigenvalue weighted by Crippen LogP contribution is -2.06. The number of nitrogens with zero attached hydrogens (tertiary/aromatic N) is 2. The first-order valence-electron chi connectivity index (χ1n) is 6.50. The molecule has 0 bridgehead atoms. The van der Waals surface area contributed by atoms with Crippen molar-refractivity contribution in [1.29, 1.82) is 5.26 Å². The Morgan fingerprint density at radius 2 is 1.95 bits per heavy atom. The van der Waals surface area contributed by atoms with Crippen molar-refractivity contribution in [1.82, 2.24) is 9.55 Å². The lowest BCUT2D eigenvalue weighted by molar-refractivity contribution is 0.649. The summed E-state index contributed by atoms with van der Waals surface area (Å²) in [5.74, 6) is 0. The van der Waals surface area contributed by atoms with Crippen LogP contribution in [0.4, 0.5) is 0 Å². The van der Waals surface area contributed by atoms with Crippen LogP contribution in [0.5, 0.6) is 0 Å². The molecule has 1 aromatic heterocycles. The van der Waals surface area contributed by atoms with Crippen molar-refractivity contribution in [2.45, 2.75) is 13.0 Å². The third-order valence-electron chi connectivity index (χ3n) is 3.59. The quantitative estimate of drug-likeness (QED) is 0.688. The highest BCUT2D eigenvalue weighted by Crippen LogP contribution is 2.26. The summed E-state index contributed by atoms with van der Waals surface area (Å²) < 4.78 is 2.66. The van der Waals surface area contributed by atoms with Crippen LogP contribution in [-0.2, 0) is 0 Å². The van der Waals surface area contributed by atoms with E-state index in [1.54, 1.807) is 6.07 Å². The van der Waals surface area contributed by atoms with E-state index in [1.165, 1.54) is 0 Å². The molecule has 1 atom stereocenters. The Kier molecular flexibility index (Phi) is 3.54. The Bertz CT molecular complexity index is 900. The van der Waals surface area contributed by atoms with Crippen LogP contribution in [0.1, 0.15) is 24.1 Å². The van der Waals surface area contributed by atoms with E-state index in [9.17, 15) is 0 Å². The number of rotatable bonds is 2. The molecule has 0 saturated heterocycles. The monoisotopic (exact) mass is 313 g/mol. The van der Waals surface area contributed by atoms with Crippen molar-refractivity contribution in [3.05, 3.63) is 63.4 Å². The molecule has 0 spiro atoms. The second kappa shape index (κ2) is 5.36. The summed E-state index contributed by atoms with van der Waals surface area (Å²) in [5, 5.41) is 9.78. The molecule has 1 N–H and O–H groups in total. The standard InChI is InChI=1S/C16H12ClN3S/c1-10(12-3-5-13(17)6-4-12)20-15-8-11(9-18)2-7-14(15)19-16(20)21/h2-8,10H,1H3,(H,19,21). The van der Waals surface area contributed by atoms with Gasteiger partial charge in [0.05, 0.1) is 28.7 Å². The SMILES string of the molecule is CC(c1ccc(Cl)cc1)n1c(=S)[nH]c2ccc(C#N)cc21. The molecule has 3 rings (SSSR count). The molecule has 1 unspecified atom stereocenters. The Hall–Kier alpha value is -2.09. The van der Waals surface area contributed by atoms with E-state index in [0.29, 0.717) is 15.4 Å². The van der Waals surface area contributed by atoms with Crippen LogP contribution in [0, 0.1) is 16.1 Å². The van der Waals surface area contributed by atoms with Crippen LogP contribution in [0.2, 0.25) is 5.02 Å². The summed E-state index contributed by atoms with van der Waals surface area (Å²) in [7, 11) is 0. The van der Waals surface area contributed by atoms with Gasteiger partial charge in [-0.05, 0) is 55.0 Å². The van der Waals surface area contributed by atoms with Gasteiger partial charge in [-0.25, -0.2) is 0 Å². The highest BCUT2D eigenvalue weighted by molar-refractivity contribution is 7.71. The average Bonchev–Trinajstić information content (AvgIpc) is 2.82. The van der Waals surface area contributed by atoms with E-state index in [-0.39, 0.29) is 6.04 Å². The van der Waals surface area contributed by atoms with Crippen molar-refractivity contribution < 1.29 is 0 Å². The zero-order valence-electron chi connectivity index (χ0n) is 11.3. The first-order valence-corrected chi connectivity index (χ1v) is 7.28. The summed E-state index contributed by atoms with van der Waals surface area (Å²) in [6.45, 7) is 2.07. The summed E-state index contributed by atoms with van der Waals surface area (Å²) in [6.07, 6.45) is 0. The Morgan fingerprint density at radius 3 is 2.62 bits per heavy atom. The van der Waals surface area contributed by atoms with Gasteiger partial charge in [0.15, 0.2) is 4.77 Å². The van der Waals surface area contributed by atoms with Gasteiger partial charge in [0.1, 0.15) is 0 Å². The van der Waals surface area contributed by atoms with Crippen molar-refractivity contribution in [3.8, 4) is 6.07 Å². The van der Waals surface area contributed by atoms with Crippen LogP contribution >= 0.6 is 23.8 Å². The summed E-state index contributed by atoms with van der Waals surface area (Å²) >= 11 is 11.4. The number of nitriles is 1. The molecule has 3 nitrogen and oxygen atoms in total. The smallest absolute Gasteiger partial charge is 0.178 e. The second-order valence-corrected chi connectivity index (χ2v) is 5.69. The fraction of sp³-hybridized carbons (Fsp3) is 0.125. The number of imidazole rings is 1. The Labute approximate surface area is 132 Å². The van der Waals surface area contributed by atoms with Gasteiger partial charge in [-0.15, -0.1) is 0 Å². The molecule has 2 aromatic carbocycles. The molecule has 5 heteroatoms. The third kappa shape index (κ3) is 2.46. The molecule has 0 fully saturated rings. The maximum Gasteiger partial charge on any atom is 0.178 e. The number of fused-ring (bicyclic) bond motifs is 1. The van der Waals surface area contributed by atoms with Crippen molar-refractivity contribution >= 4 is 34.9 Å². The fourth-order valence-corrected chi connectivity index (χ4v) is 2.96. The number of hydrogen-bond acceptors (Lipinski definition) is 2. The van der Waals surface area contributed by atoms with E-state index in [0.717, 1.165) is 16.6 Å². The average molecular weight is 314 g/mol. The van der Waals surface area contributed by atoms with Crippen LogP contribution < -0.4 is 0 Å². The normalized spacial score (nSPS) is 12.2. The fourth-order valence-electron chi connectivity index (χ4n) is 2.47. The molecule has 0 radical (unpaired) electrons. The minimum atomic E-state index is 0.0532. The van der Waals surface area contributed by atoms with E-state index in [1.807, 2.05) is 41.0 Å². The van der Waals surface area contributed by atoms with E-state index in [2.05, 4.69) is 18.0 Å². The minimum absolute atomic E-state index is 0.0532. The van der Waals surface area contributed by atoms with Crippen LogP contribution in [0.15, 0.2) is 42.5 Å². The van der Waals surface area contributed by atoms with E-state index in [4.69, 9.17) is 29.1 Å². The van der Waals surface area contributed by atoms with Gasteiger partial charge in [-0.2, -0.15) is 5.26 Å². The third-order valence-corrected chi connectivity index (χ3v) is 4.14. The van der Waals surface area contributed by atoms with Crippen LogP contribution in [0.25, 0.3) is 11.0 Å². The molecule has 0 aliphatic heterocycles. The number of hydrogen-bond donors (Lipinski definition) is 1. The first kappa shape index (κ1) is 13.9. The molecule has 0 aliphatic rings. The number of aromatic amines is 1. The number of benzene rings is 2. The predicted octanol–water partition coefficient (Wildman–Crippen LogP) is 4.83. The van der Waals surface area contributed by atoms with E-state index < -0.39 is 0 Å². The zero-order chi connectivity index (χ0) is 15.0. The number of nitrogens with one attached hydrogen (secondary N) is 1. The molecular weight excluding hydrogens is 302 g/mol. The molecule has 0 aliphatic carbocycles. The second-order valence-electron chi connectivity index (χ2n) is 4.87. The number of aromatic nitrogens is 2. The first-order chi connectivity index (χ1) is 10.1. The van der Waals surface area contributed by atoms with Gasteiger partial charge in [0.2, 0.25) is 0 Å². The summed E-state index contributed by atoms with van der Waals surface area (Å²) in [6, 6.07) is 15.4. The van der Waals surface area contributed by atoms with Gasteiger partial charge in [-0.1, -0.05) is 23.7 Å². The number of halogens is 1. The van der Waals surface area contributed by atoms with Gasteiger partial charge < -0.3 is 9.55 Å². The highest BCUT2D eigenvalue weighted by atomic mass is 35.5. The molecule has 3 aromatic rings. The molecule has 0 amide bonds. The molecule has 104 valence electrons. The lowest BCUT2D eigenvalue weighted by Gasteiger charge is -2.15. The predicted molar refractivity (Wildman–Crippen MR) is 87.1 cm³/mol. The minimum Gasteiger partial charge on any atom is -0.331 e. The molecule has 1 heterocycles. The lowest BCUT2D eigenvalue weighted by atomic mass is 10.1. The Balaban J connectivity index is 2.19. The number of H-pyrrole nitrogens is 1. The Morgan fingerprint density at radius 1 is 1.24 bits per heavy atom. The highest BCUT2D eigenvalue weighted by Gasteiger charge is 2.13.